The number of anilines is 2. The van der Waals surface area contributed by atoms with Crippen molar-refractivity contribution >= 4 is 11.6 Å². The van der Waals surface area contributed by atoms with Gasteiger partial charge in [-0.15, -0.1) is 0 Å². The van der Waals surface area contributed by atoms with E-state index in [4.69, 9.17) is 4.74 Å². The molecule has 1 aromatic rings. The van der Waals surface area contributed by atoms with Crippen molar-refractivity contribution in [2.45, 2.75) is 76.4 Å². The summed E-state index contributed by atoms with van der Waals surface area (Å²) in [6, 6.07) is 2.66. The van der Waals surface area contributed by atoms with Gasteiger partial charge in [-0.05, 0) is 25.7 Å². The average molecular weight is 332 g/mol. The Morgan fingerprint density at radius 3 is 2.46 bits per heavy atom. The van der Waals surface area contributed by atoms with Gasteiger partial charge in [-0.2, -0.15) is 0 Å². The van der Waals surface area contributed by atoms with Gasteiger partial charge >= 0.3 is 0 Å². The Hall–Kier alpha value is -1.36. The topological polar surface area (TPSA) is 50.3 Å². The smallest absolute Gasteiger partial charge is 0.134 e. The molecule has 2 aliphatic rings. The molecule has 1 aliphatic carbocycles. The molecule has 0 bridgehead atoms. The van der Waals surface area contributed by atoms with Gasteiger partial charge in [0, 0.05) is 32.3 Å². The molecule has 3 rings (SSSR count). The third-order valence-corrected chi connectivity index (χ3v) is 5.39. The predicted octanol–water partition coefficient (Wildman–Crippen LogP) is 4.01. The van der Waals surface area contributed by atoms with Crippen LogP contribution in [0, 0.1) is 0 Å². The molecule has 5 nitrogen and oxygen atoms in total. The minimum absolute atomic E-state index is 0.352. The van der Waals surface area contributed by atoms with E-state index in [1.54, 1.807) is 6.33 Å². The molecule has 1 saturated carbocycles. The lowest BCUT2D eigenvalue weighted by molar-refractivity contribution is 0.113. The monoisotopic (exact) mass is 332 g/mol. The van der Waals surface area contributed by atoms with Crippen LogP contribution in [0.4, 0.5) is 11.6 Å². The van der Waals surface area contributed by atoms with Crippen LogP contribution in [0.1, 0.15) is 64.2 Å². The first-order valence-electron chi connectivity index (χ1n) is 9.75. The number of ether oxygens (including phenoxy) is 1. The molecule has 1 aromatic heterocycles. The molecule has 24 heavy (non-hydrogen) atoms. The van der Waals surface area contributed by atoms with Crippen molar-refractivity contribution in [3.05, 3.63) is 12.4 Å². The fourth-order valence-electron chi connectivity index (χ4n) is 4.00. The van der Waals surface area contributed by atoms with Crippen LogP contribution >= 0.6 is 0 Å². The van der Waals surface area contributed by atoms with Crippen molar-refractivity contribution in [3.8, 4) is 0 Å². The molecule has 1 N–H and O–H groups in total. The molecule has 0 radical (unpaired) electrons. The van der Waals surface area contributed by atoms with Gasteiger partial charge in [0.25, 0.3) is 0 Å². The second-order valence-corrected chi connectivity index (χ2v) is 7.15. The van der Waals surface area contributed by atoms with Crippen molar-refractivity contribution in [2.24, 2.45) is 0 Å². The summed E-state index contributed by atoms with van der Waals surface area (Å²) in [6.45, 7) is 1.87. The molecule has 5 heteroatoms. The quantitative estimate of drug-likeness (QED) is 0.883. The zero-order chi connectivity index (χ0) is 16.6. The first-order valence-corrected chi connectivity index (χ1v) is 9.75. The lowest BCUT2D eigenvalue weighted by Crippen LogP contribution is -2.41. The summed E-state index contributed by atoms with van der Waals surface area (Å²) in [5.74, 6) is 1.94. The molecule has 134 valence electrons. The van der Waals surface area contributed by atoms with Crippen molar-refractivity contribution in [1.82, 2.24) is 9.97 Å². The first kappa shape index (κ1) is 17.5. The minimum atomic E-state index is 0.352. The number of rotatable bonds is 5. The summed E-state index contributed by atoms with van der Waals surface area (Å²) < 4.78 is 5.93. The second-order valence-electron chi connectivity index (χ2n) is 7.15. The van der Waals surface area contributed by atoms with Gasteiger partial charge < -0.3 is 15.0 Å². The second kappa shape index (κ2) is 9.21. The maximum Gasteiger partial charge on any atom is 0.134 e. The van der Waals surface area contributed by atoms with Gasteiger partial charge in [0.05, 0.1) is 6.10 Å². The summed E-state index contributed by atoms with van der Waals surface area (Å²) >= 11 is 0. The molecule has 1 atom stereocenters. The van der Waals surface area contributed by atoms with Gasteiger partial charge in [-0.1, -0.05) is 38.5 Å². The number of aromatic nitrogens is 2. The third kappa shape index (κ3) is 4.82. The van der Waals surface area contributed by atoms with Crippen LogP contribution in [-0.2, 0) is 4.74 Å². The van der Waals surface area contributed by atoms with Crippen LogP contribution in [0.2, 0.25) is 0 Å². The van der Waals surface area contributed by atoms with E-state index in [0.717, 1.165) is 24.8 Å². The van der Waals surface area contributed by atoms with Crippen molar-refractivity contribution in [1.29, 1.82) is 0 Å². The highest BCUT2D eigenvalue weighted by atomic mass is 16.5. The maximum absolute atomic E-state index is 5.93. The Kier molecular flexibility index (Phi) is 6.70. The van der Waals surface area contributed by atoms with E-state index in [1.165, 1.54) is 64.2 Å². The lowest BCUT2D eigenvalue weighted by atomic mass is 10.0. The normalized spacial score (nSPS) is 23.3. The molecule has 0 aromatic carbocycles. The van der Waals surface area contributed by atoms with Crippen LogP contribution in [0.15, 0.2) is 12.4 Å². The minimum Gasteiger partial charge on any atom is -0.376 e. The van der Waals surface area contributed by atoms with E-state index >= 15 is 0 Å². The highest BCUT2D eigenvalue weighted by molar-refractivity contribution is 5.49. The van der Waals surface area contributed by atoms with Gasteiger partial charge in [-0.25, -0.2) is 9.97 Å². The average Bonchev–Trinajstić information content (AvgIpc) is 3.16. The summed E-state index contributed by atoms with van der Waals surface area (Å²) in [6.07, 6.45) is 15.1. The Morgan fingerprint density at radius 2 is 1.79 bits per heavy atom. The van der Waals surface area contributed by atoms with E-state index in [2.05, 4.69) is 26.3 Å². The van der Waals surface area contributed by atoms with Gasteiger partial charge in [0.2, 0.25) is 0 Å². The molecule has 0 amide bonds. The van der Waals surface area contributed by atoms with Gasteiger partial charge in [0.1, 0.15) is 18.0 Å². The summed E-state index contributed by atoms with van der Waals surface area (Å²) in [7, 11) is 1.91. The molecular weight excluding hydrogens is 300 g/mol. The summed E-state index contributed by atoms with van der Waals surface area (Å²) in [5.41, 5.74) is 0. The molecule has 1 saturated heterocycles. The van der Waals surface area contributed by atoms with Crippen LogP contribution < -0.4 is 10.2 Å². The number of hydrogen-bond acceptors (Lipinski definition) is 5. The van der Waals surface area contributed by atoms with E-state index in [-0.39, 0.29) is 0 Å². The summed E-state index contributed by atoms with van der Waals surface area (Å²) in [5, 5.41) is 3.14. The fourth-order valence-corrected chi connectivity index (χ4v) is 4.00. The highest BCUT2D eigenvalue weighted by Gasteiger charge is 2.26. The largest absolute Gasteiger partial charge is 0.376 e. The Balaban J connectivity index is 1.78. The van der Waals surface area contributed by atoms with Crippen molar-refractivity contribution in [2.75, 3.05) is 30.4 Å². The molecule has 0 spiro atoms. The third-order valence-electron chi connectivity index (χ3n) is 5.39. The predicted molar refractivity (Wildman–Crippen MR) is 98.6 cm³/mol. The van der Waals surface area contributed by atoms with Crippen LogP contribution in [0.3, 0.4) is 0 Å². The van der Waals surface area contributed by atoms with E-state index < -0.39 is 0 Å². The van der Waals surface area contributed by atoms with E-state index in [1.807, 2.05) is 7.05 Å². The zero-order valence-electron chi connectivity index (χ0n) is 15.0. The summed E-state index contributed by atoms with van der Waals surface area (Å²) in [4.78, 5) is 11.4. The standard InChI is InChI=1S/C19H32N4O/c1-20-18-13-19(22-15-21-18)23(14-17-11-8-12-24-17)16-9-6-4-2-3-5-7-10-16/h13,15-17H,2-12,14H2,1H3,(H,20,21,22). The lowest BCUT2D eigenvalue weighted by Gasteiger charge is -2.34. The zero-order valence-corrected chi connectivity index (χ0v) is 15.0. The SMILES string of the molecule is CNc1cc(N(CC2CCCO2)C2CCCCCCCC2)ncn1. The molecule has 2 heterocycles. The number of nitrogens with one attached hydrogen (secondary N) is 1. The van der Waals surface area contributed by atoms with E-state index in [0.29, 0.717) is 12.1 Å². The van der Waals surface area contributed by atoms with Gasteiger partial charge in [0.15, 0.2) is 0 Å². The first-order chi connectivity index (χ1) is 11.9. The van der Waals surface area contributed by atoms with Crippen LogP contribution in [0.25, 0.3) is 0 Å². The molecule has 1 unspecified atom stereocenters. The van der Waals surface area contributed by atoms with Crippen LogP contribution in [-0.4, -0.2) is 42.3 Å². The molecular formula is C19H32N4O. The fraction of sp³-hybridized carbons (Fsp3) is 0.789. The van der Waals surface area contributed by atoms with E-state index in [9.17, 15) is 0 Å². The number of nitrogens with zero attached hydrogens (tertiary/aromatic N) is 3. The van der Waals surface area contributed by atoms with Crippen molar-refractivity contribution < 1.29 is 4.74 Å². The Labute approximate surface area is 146 Å². The Bertz CT molecular complexity index is 480. The highest BCUT2D eigenvalue weighted by Crippen LogP contribution is 2.27. The number of hydrogen-bond donors (Lipinski definition) is 1. The molecule has 1 aliphatic heterocycles. The van der Waals surface area contributed by atoms with Crippen LogP contribution in [0.5, 0.6) is 0 Å². The van der Waals surface area contributed by atoms with Crippen molar-refractivity contribution in [3.63, 3.8) is 0 Å². The molecule has 2 fully saturated rings. The maximum atomic E-state index is 5.93. The Morgan fingerprint density at radius 1 is 1.04 bits per heavy atom. The van der Waals surface area contributed by atoms with Gasteiger partial charge in [-0.3, -0.25) is 0 Å².